The molecule has 0 amide bonds. The maximum atomic E-state index is 12.7. The summed E-state index contributed by atoms with van der Waals surface area (Å²) in [5.74, 6) is 0.894. The molecule has 0 fully saturated rings. The lowest BCUT2D eigenvalue weighted by Crippen LogP contribution is -2.27. The molecule has 2 N–H and O–H groups in total. The lowest BCUT2D eigenvalue weighted by Gasteiger charge is -2.18. The molecule has 5 nitrogen and oxygen atoms in total. The van der Waals surface area contributed by atoms with Gasteiger partial charge in [0, 0.05) is 23.5 Å². The van der Waals surface area contributed by atoms with Gasteiger partial charge >= 0.3 is 0 Å². The minimum atomic E-state index is -0.00208. The first-order valence-corrected chi connectivity index (χ1v) is 7.56. The van der Waals surface area contributed by atoms with E-state index in [4.69, 9.17) is 4.98 Å². The normalized spacial score (nSPS) is 13.2. The molecule has 112 valence electrons. The van der Waals surface area contributed by atoms with E-state index in [2.05, 4.69) is 4.98 Å². The standard InChI is InChI=1S/C18H13N3O2/c22-10-5-6-11-12-7-8-21-17(16(12)19-15(11)9-10)20-14-4-2-1-3-13(14)18(21)23/h1-6,9,19,22H,7-8H2. The molecule has 5 heteroatoms. The van der Waals surface area contributed by atoms with Gasteiger partial charge in [-0.15, -0.1) is 0 Å². The summed E-state index contributed by atoms with van der Waals surface area (Å²) in [5.41, 5.74) is 3.60. The topological polar surface area (TPSA) is 70.9 Å². The number of hydrogen-bond acceptors (Lipinski definition) is 3. The van der Waals surface area contributed by atoms with E-state index in [1.54, 1.807) is 16.7 Å². The smallest absolute Gasteiger partial charge is 0.261 e. The highest BCUT2D eigenvalue weighted by atomic mass is 16.3. The predicted octanol–water partition coefficient (Wildman–Crippen LogP) is 2.81. The maximum absolute atomic E-state index is 12.7. The van der Waals surface area contributed by atoms with Crippen LogP contribution in [0.4, 0.5) is 0 Å². The van der Waals surface area contributed by atoms with Crippen molar-refractivity contribution in [1.82, 2.24) is 14.5 Å². The fourth-order valence-corrected chi connectivity index (χ4v) is 3.48. The fraction of sp³-hybridized carbons (Fsp3) is 0.111. The first kappa shape index (κ1) is 12.5. The van der Waals surface area contributed by atoms with Crippen molar-refractivity contribution in [2.75, 3.05) is 0 Å². The number of aromatic hydroxyl groups is 1. The molecule has 1 aliphatic heterocycles. The molecule has 0 atom stereocenters. The third-order valence-electron chi connectivity index (χ3n) is 4.56. The van der Waals surface area contributed by atoms with Crippen molar-refractivity contribution in [3.8, 4) is 17.3 Å². The van der Waals surface area contributed by atoms with Crippen LogP contribution in [0.5, 0.6) is 5.75 Å². The van der Waals surface area contributed by atoms with Crippen molar-refractivity contribution in [3.05, 3.63) is 58.4 Å². The van der Waals surface area contributed by atoms with E-state index in [1.165, 1.54) is 0 Å². The highest BCUT2D eigenvalue weighted by Crippen LogP contribution is 2.34. The molecule has 0 spiro atoms. The Morgan fingerprint density at radius 2 is 2.00 bits per heavy atom. The highest BCUT2D eigenvalue weighted by molar-refractivity contribution is 5.92. The van der Waals surface area contributed by atoms with Gasteiger partial charge in [-0.25, -0.2) is 4.98 Å². The van der Waals surface area contributed by atoms with Crippen LogP contribution >= 0.6 is 0 Å². The summed E-state index contributed by atoms with van der Waals surface area (Å²) >= 11 is 0. The molecule has 0 saturated carbocycles. The molecule has 5 rings (SSSR count). The fourth-order valence-electron chi connectivity index (χ4n) is 3.48. The number of aromatic nitrogens is 3. The lowest BCUT2D eigenvalue weighted by atomic mass is 10.0. The Balaban J connectivity index is 1.90. The Kier molecular flexibility index (Phi) is 2.29. The zero-order valence-corrected chi connectivity index (χ0v) is 12.2. The molecule has 0 unspecified atom stereocenters. The second-order valence-corrected chi connectivity index (χ2v) is 5.87. The van der Waals surface area contributed by atoms with Crippen molar-refractivity contribution in [3.63, 3.8) is 0 Å². The van der Waals surface area contributed by atoms with E-state index in [0.29, 0.717) is 23.3 Å². The van der Waals surface area contributed by atoms with Crippen LogP contribution in [0.3, 0.4) is 0 Å². The number of phenolic OH excluding ortho intramolecular Hbond substituents is 1. The molecule has 0 aliphatic carbocycles. The van der Waals surface area contributed by atoms with Crippen LogP contribution in [-0.2, 0) is 13.0 Å². The van der Waals surface area contributed by atoms with E-state index in [0.717, 1.165) is 28.6 Å². The monoisotopic (exact) mass is 303 g/mol. The number of nitrogens with zero attached hydrogens (tertiary/aromatic N) is 2. The molecule has 23 heavy (non-hydrogen) atoms. The van der Waals surface area contributed by atoms with Crippen molar-refractivity contribution in [2.45, 2.75) is 13.0 Å². The summed E-state index contributed by atoms with van der Waals surface area (Å²) in [6.07, 6.45) is 0.771. The average molecular weight is 303 g/mol. The van der Waals surface area contributed by atoms with Gasteiger partial charge in [-0.3, -0.25) is 9.36 Å². The predicted molar refractivity (Wildman–Crippen MR) is 88.7 cm³/mol. The number of aryl methyl sites for hydroxylation is 1. The third-order valence-corrected chi connectivity index (χ3v) is 4.56. The Hall–Kier alpha value is -3.08. The molecule has 3 heterocycles. The minimum absolute atomic E-state index is 0.00208. The first-order chi connectivity index (χ1) is 11.2. The molecule has 1 aliphatic rings. The zero-order valence-electron chi connectivity index (χ0n) is 12.2. The van der Waals surface area contributed by atoms with Crippen LogP contribution in [0.25, 0.3) is 33.3 Å². The molecular formula is C18H13N3O2. The Morgan fingerprint density at radius 1 is 1.13 bits per heavy atom. The zero-order chi connectivity index (χ0) is 15.6. The number of benzene rings is 2. The van der Waals surface area contributed by atoms with Crippen LogP contribution in [0.1, 0.15) is 5.56 Å². The van der Waals surface area contributed by atoms with Gasteiger partial charge in [0.1, 0.15) is 5.75 Å². The Morgan fingerprint density at radius 3 is 2.91 bits per heavy atom. The van der Waals surface area contributed by atoms with Gasteiger partial charge in [0.15, 0.2) is 5.82 Å². The first-order valence-electron chi connectivity index (χ1n) is 7.56. The highest BCUT2D eigenvalue weighted by Gasteiger charge is 2.23. The van der Waals surface area contributed by atoms with Crippen molar-refractivity contribution < 1.29 is 5.11 Å². The number of aromatic amines is 1. The van der Waals surface area contributed by atoms with Gasteiger partial charge in [-0.1, -0.05) is 12.1 Å². The number of para-hydroxylation sites is 1. The summed E-state index contributed by atoms with van der Waals surface area (Å²) in [4.78, 5) is 20.7. The van der Waals surface area contributed by atoms with E-state index in [9.17, 15) is 9.90 Å². The van der Waals surface area contributed by atoms with Gasteiger partial charge in [0.05, 0.1) is 16.6 Å². The second kappa shape index (κ2) is 4.23. The van der Waals surface area contributed by atoms with Crippen LogP contribution in [0.15, 0.2) is 47.3 Å². The van der Waals surface area contributed by atoms with Crippen molar-refractivity contribution >= 4 is 21.8 Å². The number of rotatable bonds is 0. The van der Waals surface area contributed by atoms with E-state index in [1.807, 2.05) is 30.3 Å². The van der Waals surface area contributed by atoms with Crippen molar-refractivity contribution in [2.24, 2.45) is 0 Å². The van der Waals surface area contributed by atoms with Gasteiger partial charge in [-0.05, 0) is 36.2 Å². The SMILES string of the molecule is O=c1c2ccccc2nc2n1CCc1c-2[nH]c2cc(O)ccc12. The van der Waals surface area contributed by atoms with Crippen LogP contribution in [-0.4, -0.2) is 19.6 Å². The second-order valence-electron chi connectivity index (χ2n) is 5.87. The molecule has 0 bridgehead atoms. The van der Waals surface area contributed by atoms with Crippen LogP contribution < -0.4 is 5.56 Å². The van der Waals surface area contributed by atoms with Crippen LogP contribution in [0.2, 0.25) is 0 Å². The van der Waals surface area contributed by atoms with Gasteiger partial charge in [0.2, 0.25) is 0 Å². The van der Waals surface area contributed by atoms with E-state index < -0.39 is 0 Å². The minimum Gasteiger partial charge on any atom is -0.508 e. The van der Waals surface area contributed by atoms with Gasteiger partial charge in [0.25, 0.3) is 5.56 Å². The molecule has 0 saturated heterocycles. The Bertz CT molecular complexity index is 1150. The van der Waals surface area contributed by atoms with Gasteiger partial charge < -0.3 is 10.1 Å². The molecule has 4 aromatic rings. The molecule has 2 aromatic heterocycles. The molecule has 2 aromatic carbocycles. The van der Waals surface area contributed by atoms with Gasteiger partial charge in [-0.2, -0.15) is 0 Å². The average Bonchev–Trinajstić information content (AvgIpc) is 2.93. The number of hydrogen-bond donors (Lipinski definition) is 2. The summed E-state index contributed by atoms with van der Waals surface area (Å²) in [6.45, 7) is 0.618. The molecular weight excluding hydrogens is 290 g/mol. The molecule has 0 radical (unpaired) electrons. The summed E-state index contributed by atoms with van der Waals surface area (Å²) < 4.78 is 1.74. The summed E-state index contributed by atoms with van der Waals surface area (Å²) in [7, 11) is 0. The van der Waals surface area contributed by atoms with E-state index in [-0.39, 0.29) is 11.3 Å². The quantitative estimate of drug-likeness (QED) is 0.525. The van der Waals surface area contributed by atoms with Crippen molar-refractivity contribution in [1.29, 1.82) is 0 Å². The number of phenols is 1. The number of H-pyrrole nitrogens is 1. The third kappa shape index (κ3) is 1.61. The summed E-state index contributed by atoms with van der Waals surface area (Å²) in [5, 5.41) is 11.4. The summed E-state index contributed by atoms with van der Waals surface area (Å²) in [6, 6.07) is 12.7. The largest absolute Gasteiger partial charge is 0.508 e. The van der Waals surface area contributed by atoms with E-state index >= 15 is 0 Å². The Labute approximate surface area is 130 Å². The number of nitrogens with one attached hydrogen (secondary N) is 1. The van der Waals surface area contributed by atoms with Crippen LogP contribution in [0, 0.1) is 0 Å². The maximum Gasteiger partial charge on any atom is 0.261 e. The number of fused-ring (bicyclic) bond motifs is 6. The lowest BCUT2D eigenvalue weighted by molar-refractivity contribution is 0.476.